The van der Waals surface area contributed by atoms with Crippen LogP contribution in [0.1, 0.15) is 28.1 Å². The van der Waals surface area contributed by atoms with Gasteiger partial charge in [-0.25, -0.2) is 14.0 Å². The Balaban J connectivity index is 0. The first-order chi connectivity index (χ1) is 16.6. The molecule has 0 aliphatic rings. The lowest BCUT2D eigenvalue weighted by Gasteiger charge is -2.04. The summed E-state index contributed by atoms with van der Waals surface area (Å²) >= 11 is 4.97. The van der Waals surface area contributed by atoms with Crippen LogP contribution in [0.4, 0.5) is 15.8 Å². The number of thiol groups is 1. The van der Waals surface area contributed by atoms with Crippen molar-refractivity contribution in [2.24, 2.45) is 0 Å². The normalized spacial score (nSPS) is 9.28. The molecule has 0 saturated carbocycles. The van der Waals surface area contributed by atoms with Crippen LogP contribution in [0.3, 0.4) is 0 Å². The minimum absolute atomic E-state index is 0. The molecule has 2 aromatic carbocycles. The average Bonchev–Trinajstić information content (AvgIpc) is 2.86. The van der Waals surface area contributed by atoms with Crippen molar-refractivity contribution in [3.63, 3.8) is 0 Å². The number of benzene rings is 2. The number of rotatable bonds is 8. The largest absolute Gasteiger partial charge is 0.465 e. The summed E-state index contributed by atoms with van der Waals surface area (Å²) in [7, 11) is 2.23. The van der Waals surface area contributed by atoms with E-state index in [0.717, 1.165) is 25.3 Å². The summed E-state index contributed by atoms with van der Waals surface area (Å²) in [4.78, 5) is 42.8. The van der Waals surface area contributed by atoms with Gasteiger partial charge in [-0.05, 0) is 24.3 Å². The highest BCUT2D eigenvalue weighted by molar-refractivity contribution is 7.99. The predicted molar refractivity (Wildman–Crippen MR) is 134 cm³/mol. The Morgan fingerprint density at radius 1 is 0.944 bits per heavy atom. The van der Waals surface area contributed by atoms with Crippen LogP contribution in [0.2, 0.25) is 0 Å². The molecule has 0 unspecified atom stereocenters. The van der Waals surface area contributed by atoms with Crippen molar-refractivity contribution in [3.05, 3.63) is 73.6 Å². The summed E-state index contributed by atoms with van der Waals surface area (Å²) in [5, 5.41) is 37.6. The summed E-state index contributed by atoms with van der Waals surface area (Å²) in [5.74, 6) is -1.38. The quantitative estimate of drug-likeness (QED) is 0.144. The number of nitro groups is 2. The number of hydrogen-bond acceptors (Lipinski definition) is 12. The van der Waals surface area contributed by atoms with Gasteiger partial charge in [-0.3, -0.25) is 20.2 Å². The number of carbonyl (C=O) groups excluding carboxylic acids is 2. The van der Waals surface area contributed by atoms with Gasteiger partial charge in [0.1, 0.15) is 16.9 Å². The zero-order valence-corrected chi connectivity index (χ0v) is 20.3. The average molecular weight is 551 g/mol. The Kier molecular flexibility index (Phi) is 18.4. The number of methoxy groups -OCH3 is 2. The minimum atomic E-state index is -0.934. The first kappa shape index (κ1) is 34.9. The zero-order chi connectivity index (χ0) is 27.0. The smallest absolute Gasteiger partial charge is 0.344 e. The first-order valence-corrected chi connectivity index (χ1v) is 11.0. The van der Waals surface area contributed by atoms with Crippen LogP contribution in [0.25, 0.3) is 0 Å². The van der Waals surface area contributed by atoms with E-state index >= 15 is 0 Å². The topological polar surface area (TPSA) is 179 Å². The SMILES string of the molecule is C.COC(=O)c1cc(F)ccc1[N+](=O)[O-].COC(=O)c1cc(SCCO)ccc1[N+](=O)[O-].OCCS. The number of nitrogens with zero attached hydrogens (tertiary/aromatic N) is 2. The Hall–Kier alpha value is -3.27. The summed E-state index contributed by atoms with van der Waals surface area (Å²) in [6.45, 7) is 0.179. The second-order valence-electron chi connectivity index (χ2n) is 5.86. The lowest BCUT2D eigenvalue weighted by Crippen LogP contribution is -2.06. The molecule has 0 amide bonds. The molecule has 0 aliphatic heterocycles. The fourth-order valence-corrected chi connectivity index (χ4v) is 2.83. The third-order valence-corrected chi connectivity index (χ3v) is 4.76. The van der Waals surface area contributed by atoms with E-state index in [4.69, 9.17) is 10.2 Å². The fraction of sp³-hybridized carbons (Fsp3) is 0.333. The van der Waals surface area contributed by atoms with Crippen molar-refractivity contribution in [1.82, 2.24) is 0 Å². The molecule has 0 fully saturated rings. The van der Waals surface area contributed by atoms with Gasteiger partial charge in [0.05, 0.1) is 37.3 Å². The van der Waals surface area contributed by atoms with Crippen LogP contribution >= 0.6 is 24.4 Å². The van der Waals surface area contributed by atoms with E-state index in [1.54, 1.807) is 0 Å². The van der Waals surface area contributed by atoms with Crippen molar-refractivity contribution in [2.75, 3.05) is 38.9 Å². The molecule has 0 saturated heterocycles. The molecular formula is C21H27FN2O10S2. The van der Waals surface area contributed by atoms with E-state index < -0.39 is 38.9 Å². The summed E-state index contributed by atoms with van der Waals surface area (Å²) in [5.41, 5.74) is -1.23. The molecule has 2 N–H and O–H groups in total. The van der Waals surface area contributed by atoms with Crippen molar-refractivity contribution in [3.8, 4) is 0 Å². The van der Waals surface area contributed by atoms with E-state index in [0.29, 0.717) is 16.4 Å². The van der Waals surface area contributed by atoms with Crippen molar-refractivity contribution >= 4 is 47.7 Å². The molecule has 0 atom stereocenters. The molecule has 15 heteroatoms. The molecule has 0 spiro atoms. The van der Waals surface area contributed by atoms with Crippen molar-refractivity contribution in [2.45, 2.75) is 12.3 Å². The van der Waals surface area contributed by atoms with Crippen LogP contribution in [0, 0.1) is 26.0 Å². The van der Waals surface area contributed by atoms with E-state index in [1.807, 2.05) is 0 Å². The lowest BCUT2D eigenvalue weighted by atomic mass is 10.2. The van der Waals surface area contributed by atoms with Gasteiger partial charge in [0.25, 0.3) is 11.4 Å². The number of aliphatic hydroxyl groups excluding tert-OH is 2. The monoisotopic (exact) mass is 550 g/mol. The van der Waals surface area contributed by atoms with Crippen LogP contribution < -0.4 is 0 Å². The predicted octanol–water partition coefficient (Wildman–Crippen LogP) is 3.53. The highest BCUT2D eigenvalue weighted by Crippen LogP contribution is 2.26. The number of esters is 2. The Labute approximate surface area is 216 Å². The minimum Gasteiger partial charge on any atom is -0.465 e. The molecule has 200 valence electrons. The standard InChI is InChI=1S/C10H11NO5S.C8H6FNO4.C2H6OS.CH4/c1-16-10(13)8-6-7(17-5-4-12)2-3-9(8)11(14)15;1-14-8(11)6-4-5(9)2-3-7(6)10(12)13;3-1-2-4;/h2-3,6,12H,4-5H2,1H3;2-4H,1H3;3-4H,1-2H2;1H4. The van der Waals surface area contributed by atoms with Crippen LogP contribution in [0.15, 0.2) is 41.3 Å². The van der Waals surface area contributed by atoms with Crippen molar-refractivity contribution < 1.29 is 43.5 Å². The maximum atomic E-state index is 12.7. The van der Waals surface area contributed by atoms with Gasteiger partial charge in [0.2, 0.25) is 0 Å². The second-order valence-corrected chi connectivity index (χ2v) is 7.47. The Bertz CT molecular complexity index is 1020. The number of ether oxygens (including phenoxy) is 2. The highest BCUT2D eigenvalue weighted by Gasteiger charge is 2.22. The summed E-state index contributed by atoms with van der Waals surface area (Å²) < 4.78 is 21.4. The fourth-order valence-electron chi connectivity index (χ4n) is 2.14. The number of halogens is 1. The third kappa shape index (κ3) is 11.9. The van der Waals surface area contributed by atoms with Gasteiger partial charge in [-0.1, -0.05) is 7.43 Å². The molecular weight excluding hydrogens is 523 g/mol. The number of nitro benzene ring substituents is 2. The molecule has 36 heavy (non-hydrogen) atoms. The van der Waals surface area contributed by atoms with Gasteiger partial charge in [0, 0.05) is 28.5 Å². The van der Waals surface area contributed by atoms with E-state index in [-0.39, 0.29) is 31.9 Å². The van der Waals surface area contributed by atoms with Gasteiger partial charge < -0.3 is 19.7 Å². The number of thioether (sulfide) groups is 1. The molecule has 12 nitrogen and oxygen atoms in total. The second kappa shape index (κ2) is 19.0. The lowest BCUT2D eigenvalue weighted by molar-refractivity contribution is -0.385. The van der Waals surface area contributed by atoms with E-state index in [9.17, 15) is 34.2 Å². The van der Waals surface area contributed by atoms with E-state index in [1.165, 1.54) is 37.1 Å². The molecule has 0 heterocycles. The molecule has 0 bridgehead atoms. The molecule has 0 aromatic heterocycles. The van der Waals surface area contributed by atoms with Gasteiger partial charge in [-0.15, -0.1) is 11.8 Å². The van der Waals surface area contributed by atoms with Crippen LogP contribution in [-0.4, -0.2) is 70.9 Å². The molecule has 0 radical (unpaired) electrons. The van der Waals surface area contributed by atoms with E-state index in [2.05, 4.69) is 22.1 Å². The first-order valence-electron chi connectivity index (χ1n) is 9.42. The maximum Gasteiger partial charge on any atom is 0.344 e. The Morgan fingerprint density at radius 2 is 1.39 bits per heavy atom. The van der Waals surface area contributed by atoms with Gasteiger partial charge in [-0.2, -0.15) is 12.6 Å². The summed E-state index contributed by atoms with van der Waals surface area (Å²) in [6.07, 6.45) is 0. The zero-order valence-electron chi connectivity index (χ0n) is 18.6. The van der Waals surface area contributed by atoms with Gasteiger partial charge >= 0.3 is 11.9 Å². The molecule has 0 aliphatic carbocycles. The third-order valence-electron chi connectivity index (χ3n) is 3.59. The summed E-state index contributed by atoms with van der Waals surface area (Å²) in [6, 6.07) is 6.78. The number of carbonyl (C=O) groups is 2. The number of hydrogen-bond donors (Lipinski definition) is 3. The maximum absolute atomic E-state index is 12.7. The number of aliphatic hydroxyl groups is 2. The molecule has 2 aromatic rings. The Morgan fingerprint density at radius 3 is 1.78 bits per heavy atom. The highest BCUT2D eigenvalue weighted by atomic mass is 32.2. The van der Waals surface area contributed by atoms with Gasteiger partial charge in [0.15, 0.2) is 0 Å². The van der Waals surface area contributed by atoms with Crippen LogP contribution in [0.5, 0.6) is 0 Å². The molecule has 2 rings (SSSR count). The van der Waals surface area contributed by atoms with Crippen LogP contribution in [-0.2, 0) is 9.47 Å². The van der Waals surface area contributed by atoms with Crippen molar-refractivity contribution in [1.29, 1.82) is 0 Å².